The molecular formula is C18H31FN2O. The summed E-state index contributed by atoms with van der Waals surface area (Å²) in [4.78, 5) is 14.4. The molecule has 1 aliphatic carbocycles. The molecule has 0 atom stereocenters. The quantitative estimate of drug-likeness (QED) is 0.815. The number of alkyl halides is 1. The van der Waals surface area contributed by atoms with Gasteiger partial charge in [-0.25, -0.2) is 4.39 Å². The van der Waals surface area contributed by atoms with Gasteiger partial charge in [-0.1, -0.05) is 19.9 Å². The number of nitrogens with one attached hydrogen (secondary N) is 1. The van der Waals surface area contributed by atoms with Crippen LogP contribution in [-0.2, 0) is 4.79 Å². The molecule has 0 aromatic carbocycles. The van der Waals surface area contributed by atoms with Crippen LogP contribution in [0.3, 0.4) is 0 Å². The zero-order chi connectivity index (χ0) is 16.0. The number of hydrogen-bond donors (Lipinski definition) is 1. The van der Waals surface area contributed by atoms with E-state index in [0.717, 1.165) is 50.9 Å². The van der Waals surface area contributed by atoms with Gasteiger partial charge in [0.2, 0.25) is 5.91 Å². The zero-order valence-electron chi connectivity index (χ0n) is 14.2. The van der Waals surface area contributed by atoms with E-state index < -0.39 is 5.67 Å². The standard InChI is InChI=1S/C18H31FN2O/c1-15(2)8-11-21-12-9-18(19,10-13-21)14-20-17(22)16-6-4-3-5-7-16/h6,15H,3-5,7-14H2,1-2H3,(H,20,22). The van der Waals surface area contributed by atoms with E-state index in [1.807, 2.05) is 6.08 Å². The highest BCUT2D eigenvalue weighted by molar-refractivity contribution is 5.93. The number of carbonyl (C=O) groups is 1. The molecule has 1 fully saturated rings. The third kappa shape index (κ3) is 5.38. The minimum Gasteiger partial charge on any atom is -0.349 e. The summed E-state index contributed by atoms with van der Waals surface area (Å²) in [5.41, 5.74) is -0.372. The fraction of sp³-hybridized carbons (Fsp3) is 0.833. The number of rotatable bonds is 6. The maximum absolute atomic E-state index is 14.8. The van der Waals surface area contributed by atoms with E-state index in [0.29, 0.717) is 18.8 Å². The van der Waals surface area contributed by atoms with Gasteiger partial charge in [0.05, 0.1) is 6.54 Å². The number of amides is 1. The van der Waals surface area contributed by atoms with Gasteiger partial charge >= 0.3 is 0 Å². The maximum Gasteiger partial charge on any atom is 0.246 e. The molecule has 2 aliphatic rings. The van der Waals surface area contributed by atoms with E-state index in [4.69, 9.17) is 0 Å². The smallest absolute Gasteiger partial charge is 0.246 e. The number of halogens is 1. The highest BCUT2D eigenvalue weighted by atomic mass is 19.1. The first-order valence-electron chi connectivity index (χ1n) is 8.87. The minimum atomic E-state index is -1.22. The van der Waals surface area contributed by atoms with Crippen molar-refractivity contribution >= 4 is 5.91 Å². The van der Waals surface area contributed by atoms with Gasteiger partial charge in [-0.3, -0.25) is 4.79 Å². The lowest BCUT2D eigenvalue weighted by molar-refractivity contribution is -0.118. The monoisotopic (exact) mass is 310 g/mol. The number of piperidine rings is 1. The molecule has 0 bridgehead atoms. The van der Waals surface area contributed by atoms with Crippen molar-refractivity contribution in [2.45, 2.75) is 64.5 Å². The van der Waals surface area contributed by atoms with Crippen LogP contribution in [0.1, 0.15) is 58.8 Å². The fourth-order valence-electron chi connectivity index (χ4n) is 3.19. The summed E-state index contributed by atoms with van der Waals surface area (Å²) in [5.74, 6) is 0.638. The average Bonchev–Trinajstić information content (AvgIpc) is 2.53. The lowest BCUT2D eigenvalue weighted by Crippen LogP contribution is -2.48. The van der Waals surface area contributed by atoms with Gasteiger partial charge in [-0.15, -0.1) is 0 Å². The molecule has 1 heterocycles. The molecule has 0 spiro atoms. The second-order valence-electron chi connectivity index (χ2n) is 7.33. The van der Waals surface area contributed by atoms with E-state index in [2.05, 4.69) is 24.1 Å². The van der Waals surface area contributed by atoms with Crippen molar-refractivity contribution in [1.29, 1.82) is 0 Å². The van der Waals surface area contributed by atoms with Crippen LogP contribution in [0, 0.1) is 5.92 Å². The number of carbonyl (C=O) groups excluding carboxylic acids is 1. The molecule has 1 amide bonds. The summed E-state index contributed by atoms with van der Waals surface area (Å²) in [6, 6.07) is 0. The molecule has 1 aliphatic heterocycles. The third-order valence-corrected chi connectivity index (χ3v) is 4.92. The fourth-order valence-corrected chi connectivity index (χ4v) is 3.19. The van der Waals surface area contributed by atoms with E-state index in [1.54, 1.807) is 0 Å². The van der Waals surface area contributed by atoms with E-state index in [1.165, 1.54) is 6.42 Å². The Morgan fingerprint density at radius 2 is 2.09 bits per heavy atom. The van der Waals surface area contributed by atoms with Crippen LogP contribution in [0.5, 0.6) is 0 Å². The highest BCUT2D eigenvalue weighted by Gasteiger charge is 2.34. The van der Waals surface area contributed by atoms with Crippen molar-refractivity contribution < 1.29 is 9.18 Å². The van der Waals surface area contributed by atoms with Crippen molar-refractivity contribution in [2.24, 2.45) is 5.92 Å². The maximum atomic E-state index is 14.8. The SMILES string of the molecule is CC(C)CCN1CCC(F)(CNC(=O)C2=CCCCC2)CC1. The van der Waals surface area contributed by atoms with Crippen molar-refractivity contribution in [3.63, 3.8) is 0 Å². The van der Waals surface area contributed by atoms with Gasteiger partial charge in [-0.2, -0.15) is 0 Å². The molecular weight excluding hydrogens is 279 g/mol. The minimum absolute atomic E-state index is 0.0565. The normalized spacial score (nSPS) is 22.5. The average molecular weight is 310 g/mol. The largest absolute Gasteiger partial charge is 0.349 e. The first-order valence-corrected chi connectivity index (χ1v) is 8.87. The van der Waals surface area contributed by atoms with Gasteiger partial charge in [0, 0.05) is 18.7 Å². The molecule has 1 saturated heterocycles. The molecule has 0 saturated carbocycles. The van der Waals surface area contributed by atoms with Crippen LogP contribution in [0.25, 0.3) is 0 Å². The topological polar surface area (TPSA) is 32.3 Å². The Morgan fingerprint density at radius 1 is 1.36 bits per heavy atom. The summed E-state index contributed by atoms with van der Waals surface area (Å²) in [6.45, 7) is 7.29. The van der Waals surface area contributed by atoms with Crippen molar-refractivity contribution in [3.8, 4) is 0 Å². The van der Waals surface area contributed by atoms with Crippen LogP contribution in [0.15, 0.2) is 11.6 Å². The molecule has 0 aromatic rings. The van der Waals surface area contributed by atoms with Crippen LogP contribution in [0.2, 0.25) is 0 Å². The Balaban J connectivity index is 1.71. The first-order chi connectivity index (χ1) is 10.5. The van der Waals surface area contributed by atoms with Crippen molar-refractivity contribution in [1.82, 2.24) is 10.2 Å². The zero-order valence-corrected chi connectivity index (χ0v) is 14.2. The number of hydrogen-bond acceptors (Lipinski definition) is 2. The van der Waals surface area contributed by atoms with Gasteiger partial charge in [0.25, 0.3) is 0 Å². The summed E-state index contributed by atoms with van der Waals surface area (Å²) in [6.07, 6.45) is 8.31. The number of nitrogens with zero attached hydrogens (tertiary/aromatic N) is 1. The molecule has 0 unspecified atom stereocenters. The Hall–Kier alpha value is -0.900. The molecule has 0 aromatic heterocycles. The molecule has 0 radical (unpaired) electrons. The van der Waals surface area contributed by atoms with E-state index in [-0.39, 0.29) is 12.5 Å². The Labute approximate surface area is 134 Å². The van der Waals surface area contributed by atoms with Crippen LogP contribution >= 0.6 is 0 Å². The Bertz CT molecular complexity index is 398. The first kappa shape index (κ1) is 17.5. The summed E-state index contributed by atoms with van der Waals surface area (Å²) in [7, 11) is 0. The van der Waals surface area contributed by atoms with Crippen LogP contribution in [-0.4, -0.2) is 42.7 Å². The van der Waals surface area contributed by atoms with Crippen LogP contribution < -0.4 is 5.32 Å². The predicted octanol–water partition coefficient (Wildman–Crippen LogP) is 3.45. The second kappa shape index (κ2) is 8.09. The number of likely N-dealkylation sites (tertiary alicyclic amines) is 1. The second-order valence-corrected chi connectivity index (χ2v) is 7.33. The van der Waals surface area contributed by atoms with Gasteiger partial charge in [-0.05, 0) is 57.4 Å². The Morgan fingerprint density at radius 3 is 2.68 bits per heavy atom. The molecule has 1 N–H and O–H groups in total. The van der Waals surface area contributed by atoms with Crippen LogP contribution in [0.4, 0.5) is 4.39 Å². The third-order valence-electron chi connectivity index (χ3n) is 4.92. The van der Waals surface area contributed by atoms with Gasteiger partial charge in [0.15, 0.2) is 0 Å². The van der Waals surface area contributed by atoms with Crippen molar-refractivity contribution in [3.05, 3.63) is 11.6 Å². The lowest BCUT2D eigenvalue weighted by atomic mass is 9.92. The highest BCUT2D eigenvalue weighted by Crippen LogP contribution is 2.26. The number of allylic oxidation sites excluding steroid dienone is 1. The predicted molar refractivity (Wildman–Crippen MR) is 88.5 cm³/mol. The van der Waals surface area contributed by atoms with Gasteiger partial charge in [0.1, 0.15) is 5.67 Å². The van der Waals surface area contributed by atoms with E-state index >= 15 is 0 Å². The summed E-state index contributed by atoms with van der Waals surface area (Å²) >= 11 is 0. The lowest BCUT2D eigenvalue weighted by Gasteiger charge is -2.36. The molecule has 3 nitrogen and oxygen atoms in total. The molecule has 22 heavy (non-hydrogen) atoms. The molecule has 2 rings (SSSR count). The molecule has 4 heteroatoms. The molecule has 126 valence electrons. The summed E-state index contributed by atoms with van der Waals surface area (Å²) < 4.78 is 14.8. The summed E-state index contributed by atoms with van der Waals surface area (Å²) in [5, 5.41) is 2.83. The van der Waals surface area contributed by atoms with Gasteiger partial charge < -0.3 is 10.2 Å². The Kier molecular flexibility index (Phi) is 6.42. The van der Waals surface area contributed by atoms with E-state index in [9.17, 15) is 9.18 Å². The van der Waals surface area contributed by atoms with Crippen molar-refractivity contribution in [2.75, 3.05) is 26.2 Å².